The summed E-state index contributed by atoms with van der Waals surface area (Å²) in [7, 11) is 1.45. The molecule has 8 heteroatoms. The molecule has 1 aliphatic rings. The van der Waals surface area contributed by atoms with Crippen molar-refractivity contribution >= 4 is 35.9 Å². The minimum atomic E-state index is -0.118. The number of benzene rings is 1. The molecule has 1 aromatic carbocycles. The van der Waals surface area contributed by atoms with E-state index in [1.54, 1.807) is 6.26 Å². The molecule has 1 fully saturated rings. The van der Waals surface area contributed by atoms with Crippen molar-refractivity contribution in [3.63, 3.8) is 0 Å². The molecule has 1 N–H and O–H groups in total. The minimum absolute atomic E-state index is 0. The van der Waals surface area contributed by atoms with Gasteiger partial charge in [-0.3, -0.25) is 4.79 Å². The van der Waals surface area contributed by atoms with Crippen LogP contribution in [0.1, 0.15) is 31.0 Å². The lowest BCUT2D eigenvalue weighted by Crippen LogP contribution is -2.46. The highest BCUT2D eigenvalue weighted by atomic mass is 127. The summed E-state index contributed by atoms with van der Waals surface area (Å²) in [5.41, 5.74) is 2.94. The van der Waals surface area contributed by atoms with Crippen LogP contribution in [-0.2, 0) is 16.1 Å². The minimum Gasteiger partial charge on any atom is -0.469 e. The fourth-order valence-corrected chi connectivity index (χ4v) is 3.28. The van der Waals surface area contributed by atoms with Crippen LogP contribution in [0, 0.1) is 12.8 Å². The van der Waals surface area contributed by atoms with E-state index in [-0.39, 0.29) is 35.9 Å². The first kappa shape index (κ1) is 23.2. The van der Waals surface area contributed by atoms with Gasteiger partial charge in [0.1, 0.15) is 12.0 Å². The third-order valence-electron chi connectivity index (χ3n) is 4.90. The van der Waals surface area contributed by atoms with E-state index in [4.69, 9.17) is 14.1 Å². The van der Waals surface area contributed by atoms with Gasteiger partial charge in [-0.1, -0.05) is 17.7 Å². The summed E-state index contributed by atoms with van der Waals surface area (Å²) in [4.78, 5) is 23.2. The third-order valence-corrected chi connectivity index (χ3v) is 4.90. The van der Waals surface area contributed by atoms with Gasteiger partial charge in [0.2, 0.25) is 5.89 Å². The predicted octanol–water partition coefficient (Wildman–Crippen LogP) is 3.62. The van der Waals surface area contributed by atoms with Crippen LogP contribution >= 0.6 is 24.0 Å². The first-order chi connectivity index (χ1) is 13.6. The van der Waals surface area contributed by atoms with Gasteiger partial charge in [-0.25, -0.2) is 9.98 Å². The van der Waals surface area contributed by atoms with Gasteiger partial charge in [0.15, 0.2) is 5.96 Å². The molecule has 0 amide bonds. The molecule has 2 aromatic rings. The quantitative estimate of drug-likeness (QED) is 0.286. The molecule has 0 atom stereocenters. The Bertz CT molecular complexity index is 812. The van der Waals surface area contributed by atoms with Crippen molar-refractivity contribution in [2.45, 2.75) is 33.2 Å². The van der Waals surface area contributed by atoms with E-state index >= 15 is 0 Å². The van der Waals surface area contributed by atoms with Crippen LogP contribution < -0.4 is 5.32 Å². The number of guanidine groups is 1. The second-order valence-corrected chi connectivity index (χ2v) is 6.96. The number of piperidine rings is 1. The molecular formula is C21H29IN4O3. The smallest absolute Gasteiger partial charge is 0.308 e. The Labute approximate surface area is 188 Å². The maximum absolute atomic E-state index is 11.7. The first-order valence-corrected chi connectivity index (χ1v) is 9.73. The molecule has 2 heterocycles. The van der Waals surface area contributed by atoms with Gasteiger partial charge in [-0.15, -0.1) is 24.0 Å². The standard InChI is InChI=1S/C21H28N4O3.HI/c1-4-22-21(25-11-9-17(10-12-25)20(26)27-3)23-13-18-14-28-19(24-18)16-7-5-15(2)6-8-16;/h5-8,14,17H,4,9-13H2,1-3H3,(H,22,23);1H. The number of aliphatic imine (C=N–C) groups is 1. The van der Waals surface area contributed by atoms with Gasteiger partial charge in [0, 0.05) is 25.2 Å². The van der Waals surface area contributed by atoms with Crippen LogP contribution in [0.2, 0.25) is 0 Å². The number of halogens is 1. The van der Waals surface area contributed by atoms with Gasteiger partial charge in [0.25, 0.3) is 0 Å². The second kappa shape index (κ2) is 11.2. The zero-order valence-electron chi connectivity index (χ0n) is 17.2. The number of ether oxygens (including phenoxy) is 1. The summed E-state index contributed by atoms with van der Waals surface area (Å²) >= 11 is 0. The molecule has 0 radical (unpaired) electrons. The average Bonchev–Trinajstić information content (AvgIpc) is 3.20. The van der Waals surface area contributed by atoms with Gasteiger partial charge in [-0.2, -0.15) is 0 Å². The molecule has 3 rings (SSSR count). The number of hydrogen-bond donors (Lipinski definition) is 1. The van der Waals surface area contributed by atoms with Crippen molar-refractivity contribution in [3.8, 4) is 11.5 Å². The van der Waals surface area contributed by atoms with E-state index in [1.807, 2.05) is 31.2 Å². The molecule has 0 aliphatic carbocycles. The highest BCUT2D eigenvalue weighted by Crippen LogP contribution is 2.20. The summed E-state index contributed by atoms with van der Waals surface area (Å²) in [6, 6.07) is 8.09. The van der Waals surface area contributed by atoms with Crippen molar-refractivity contribution < 1.29 is 13.9 Å². The number of likely N-dealkylation sites (tertiary alicyclic amines) is 1. The van der Waals surface area contributed by atoms with E-state index < -0.39 is 0 Å². The van der Waals surface area contributed by atoms with E-state index in [1.165, 1.54) is 12.7 Å². The van der Waals surface area contributed by atoms with Crippen molar-refractivity contribution in [2.75, 3.05) is 26.7 Å². The molecular weight excluding hydrogens is 483 g/mol. The van der Waals surface area contributed by atoms with E-state index in [0.717, 1.165) is 49.7 Å². The third kappa shape index (κ3) is 6.19. The Morgan fingerprint density at radius 1 is 1.31 bits per heavy atom. The molecule has 0 saturated carbocycles. The van der Waals surface area contributed by atoms with Crippen LogP contribution in [0.15, 0.2) is 39.9 Å². The molecule has 0 unspecified atom stereocenters. The summed E-state index contributed by atoms with van der Waals surface area (Å²) in [5.74, 6) is 1.31. The molecule has 29 heavy (non-hydrogen) atoms. The maximum Gasteiger partial charge on any atom is 0.308 e. The Kier molecular flexibility index (Phi) is 8.94. The predicted molar refractivity (Wildman–Crippen MR) is 123 cm³/mol. The summed E-state index contributed by atoms with van der Waals surface area (Å²) < 4.78 is 10.5. The molecule has 0 spiro atoms. The van der Waals surface area contributed by atoms with E-state index in [2.05, 4.69) is 22.1 Å². The zero-order chi connectivity index (χ0) is 19.9. The van der Waals surface area contributed by atoms with E-state index in [9.17, 15) is 4.79 Å². The fraction of sp³-hybridized carbons (Fsp3) is 0.476. The number of aromatic nitrogens is 1. The second-order valence-electron chi connectivity index (χ2n) is 6.96. The van der Waals surface area contributed by atoms with Gasteiger partial charge >= 0.3 is 5.97 Å². The number of esters is 1. The van der Waals surface area contributed by atoms with Gasteiger partial charge < -0.3 is 19.4 Å². The fourth-order valence-electron chi connectivity index (χ4n) is 3.28. The van der Waals surface area contributed by atoms with Crippen LogP contribution in [-0.4, -0.2) is 48.6 Å². The summed E-state index contributed by atoms with van der Waals surface area (Å²) in [5, 5.41) is 3.33. The largest absolute Gasteiger partial charge is 0.469 e. The number of carbonyl (C=O) groups excluding carboxylic acids is 1. The van der Waals surface area contributed by atoms with Crippen molar-refractivity contribution in [3.05, 3.63) is 41.8 Å². The van der Waals surface area contributed by atoms with E-state index in [0.29, 0.717) is 12.4 Å². The Balaban J connectivity index is 0.00000300. The first-order valence-electron chi connectivity index (χ1n) is 9.73. The number of hydrogen-bond acceptors (Lipinski definition) is 5. The summed E-state index contributed by atoms with van der Waals surface area (Å²) in [6.07, 6.45) is 3.21. The molecule has 158 valence electrons. The Morgan fingerprint density at radius 3 is 2.62 bits per heavy atom. The topological polar surface area (TPSA) is 80.0 Å². The molecule has 1 saturated heterocycles. The Morgan fingerprint density at radius 2 is 2.00 bits per heavy atom. The van der Waals surface area contributed by atoms with Crippen molar-refractivity contribution in [1.82, 2.24) is 15.2 Å². The number of nitrogens with zero attached hydrogens (tertiary/aromatic N) is 3. The highest BCUT2D eigenvalue weighted by Gasteiger charge is 2.27. The monoisotopic (exact) mass is 512 g/mol. The number of carbonyl (C=O) groups is 1. The molecule has 0 bridgehead atoms. The van der Waals surface area contributed by atoms with Crippen LogP contribution in [0.4, 0.5) is 0 Å². The SMILES string of the molecule is CCNC(=NCc1coc(-c2ccc(C)cc2)n1)N1CCC(C(=O)OC)CC1.I. The number of methoxy groups -OCH3 is 1. The zero-order valence-corrected chi connectivity index (χ0v) is 19.5. The molecule has 7 nitrogen and oxygen atoms in total. The van der Waals surface area contributed by atoms with Crippen LogP contribution in [0.3, 0.4) is 0 Å². The number of aryl methyl sites for hydroxylation is 1. The highest BCUT2D eigenvalue weighted by molar-refractivity contribution is 14.0. The van der Waals surface area contributed by atoms with Gasteiger partial charge in [0.05, 0.1) is 19.6 Å². The maximum atomic E-state index is 11.7. The molecule has 1 aromatic heterocycles. The lowest BCUT2D eigenvalue weighted by molar-refractivity contribution is -0.146. The molecule has 1 aliphatic heterocycles. The number of rotatable bonds is 5. The van der Waals surface area contributed by atoms with Crippen molar-refractivity contribution in [1.29, 1.82) is 0 Å². The lowest BCUT2D eigenvalue weighted by Gasteiger charge is -2.33. The lowest BCUT2D eigenvalue weighted by atomic mass is 9.97. The van der Waals surface area contributed by atoms with Crippen molar-refractivity contribution in [2.24, 2.45) is 10.9 Å². The number of nitrogens with one attached hydrogen (secondary N) is 1. The number of oxazole rings is 1. The normalized spacial score (nSPS) is 15.0. The van der Waals surface area contributed by atoms with Crippen LogP contribution in [0.25, 0.3) is 11.5 Å². The average molecular weight is 512 g/mol. The Hall–Kier alpha value is -2.10. The summed E-state index contributed by atoms with van der Waals surface area (Å²) in [6.45, 7) is 6.87. The van der Waals surface area contributed by atoms with Crippen LogP contribution in [0.5, 0.6) is 0 Å². The van der Waals surface area contributed by atoms with Gasteiger partial charge in [-0.05, 0) is 38.8 Å².